The van der Waals surface area contributed by atoms with Gasteiger partial charge in [0.1, 0.15) is 0 Å². The lowest BCUT2D eigenvalue weighted by Gasteiger charge is -2.25. The molecule has 3 rings (SSSR count). The van der Waals surface area contributed by atoms with E-state index in [1.165, 1.54) is 10.6 Å². The van der Waals surface area contributed by atoms with E-state index in [0.29, 0.717) is 22.0 Å². The molecule has 0 radical (unpaired) electrons. The molecule has 1 amide bonds. The Kier molecular flexibility index (Phi) is 6.94. The van der Waals surface area contributed by atoms with Crippen molar-refractivity contribution in [2.24, 2.45) is 0 Å². The second-order valence-corrected chi connectivity index (χ2v) is 10.0. The van der Waals surface area contributed by atoms with Gasteiger partial charge in [-0.3, -0.25) is 9.10 Å². The fourth-order valence-corrected chi connectivity index (χ4v) is 4.38. The Balaban J connectivity index is 1.82. The fourth-order valence-electron chi connectivity index (χ4n) is 3.09. The zero-order valence-electron chi connectivity index (χ0n) is 17.3. The Morgan fingerprint density at radius 1 is 1.00 bits per heavy atom. The molecule has 0 bridgehead atoms. The van der Waals surface area contributed by atoms with E-state index in [4.69, 9.17) is 23.2 Å². The Bertz CT molecular complexity index is 1230. The number of hydrogen-bond donors (Lipinski definition) is 1. The molecule has 0 fully saturated rings. The van der Waals surface area contributed by atoms with Gasteiger partial charge in [-0.2, -0.15) is 0 Å². The first-order valence-electron chi connectivity index (χ1n) is 9.45. The molecule has 3 aromatic rings. The number of nitrogens with one attached hydrogen (secondary N) is 1. The van der Waals surface area contributed by atoms with E-state index >= 15 is 0 Å². The van der Waals surface area contributed by atoms with Crippen molar-refractivity contribution in [3.05, 3.63) is 93.0 Å². The fraction of sp³-hybridized carbons (Fsp3) is 0.174. The smallest absolute Gasteiger partial charge is 0.255 e. The summed E-state index contributed by atoms with van der Waals surface area (Å²) in [7, 11) is -3.50. The summed E-state index contributed by atoms with van der Waals surface area (Å²) >= 11 is 12.1. The number of benzene rings is 3. The molecule has 0 aliphatic heterocycles. The molecule has 0 saturated heterocycles. The lowest BCUT2D eigenvalue weighted by Crippen LogP contribution is -2.30. The SMILES string of the molecule is Cc1ccc(C)c(N(Cc2ccc(C(=O)Nc3cccc(Cl)c3Cl)cc2)S(C)(=O)=O)c1. The summed E-state index contributed by atoms with van der Waals surface area (Å²) in [6, 6.07) is 17.4. The number of anilines is 2. The number of hydrogen-bond acceptors (Lipinski definition) is 3. The second-order valence-electron chi connectivity index (χ2n) is 7.31. The van der Waals surface area contributed by atoms with Crippen LogP contribution in [0, 0.1) is 13.8 Å². The predicted octanol–water partition coefficient (Wildman–Crippen LogP) is 5.83. The third-order valence-electron chi connectivity index (χ3n) is 4.78. The van der Waals surface area contributed by atoms with Gasteiger partial charge in [-0.15, -0.1) is 0 Å². The molecule has 0 aromatic heterocycles. The monoisotopic (exact) mass is 476 g/mol. The van der Waals surface area contributed by atoms with Crippen molar-refractivity contribution < 1.29 is 13.2 Å². The summed E-state index contributed by atoms with van der Waals surface area (Å²) < 4.78 is 26.3. The first kappa shape index (κ1) is 23.1. The molecular weight excluding hydrogens is 455 g/mol. The van der Waals surface area contributed by atoms with Crippen LogP contribution < -0.4 is 9.62 Å². The number of amides is 1. The quantitative estimate of drug-likeness (QED) is 0.486. The minimum absolute atomic E-state index is 0.158. The lowest BCUT2D eigenvalue weighted by atomic mass is 10.1. The van der Waals surface area contributed by atoms with Crippen LogP contribution in [0.3, 0.4) is 0 Å². The van der Waals surface area contributed by atoms with E-state index < -0.39 is 10.0 Å². The van der Waals surface area contributed by atoms with Crippen LogP contribution in [-0.4, -0.2) is 20.6 Å². The molecular formula is C23H22Cl2N2O3S. The van der Waals surface area contributed by atoms with E-state index in [9.17, 15) is 13.2 Å². The Morgan fingerprint density at radius 2 is 1.68 bits per heavy atom. The maximum Gasteiger partial charge on any atom is 0.255 e. The maximum absolute atomic E-state index is 12.6. The van der Waals surface area contributed by atoms with Crippen molar-refractivity contribution in [1.29, 1.82) is 0 Å². The van der Waals surface area contributed by atoms with Crippen LogP contribution in [0.4, 0.5) is 11.4 Å². The number of sulfonamides is 1. The van der Waals surface area contributed by atoms with Crippen molar-refractivity contribution in [2.75, 3.05) is 15.9 Å². The molecule has 0 atom stereocenters. The zero-order chi connectivity index (χ0) is 22.8. The Labute approximate surface area is 192 Å². The molecule has 1 N–H and O–H groups in total. The topological polar surface area (TPSA) is 66.5 Å². The van der Waals surface area contributed by atoms with Crippen LogP contribution in [0.2, 0.25) is 10.0 Å². The maximum atomic E-state index is 12.6. The Hall–Kier alpha value is -2.54. The zero-order valence-corrected chi connectivity index (χ0v) is 19.6. The van der Waals surface area contributed by atoms with Crippen LogP contribution in [0.1, 0.15) is 27.0 Å². The highest BCUT2D eigenvalue weighted by atomic mass is 35.5. The summed E-state index contributed by atoms with van der Waals surface area (Å²) in [5.74, 6) is -0.342. The molecule has 8 heteroatoms. The largest absolute Gasteiger partial charge is 0.321 e. The number of carbonyl (C=O) groups is 1. The van der Waals surface area contributed by atoms with Crippen LogP contribution in [0.15, 0.2) is 60.7 Å². The van der Waals surface area contributed by atoms with Gasteiger partial charge >= 0.3 is 0 Å². The van der Waals surface area contributed by atoms with E-state index in [2.05, 4.69) is 5.32 Å². The van der Waals surface area contributed by atoms with E-state index in [0.717, 1.165) is 16.7 Å². The van der Waals surface area contributed by atoms with Crippen LogP contribution in [-0.2, 0) is 16.6 Å². The van der Waals surface area contributed by atoms with Gasteiger partial charge in [-0.1, -0.05) is 53.5 Å². The van der Waals surface area contributed by atoms with Gasteiger partial charge in [0, 0.05) is 5.56 Å². The first-order valence-corrected chi connectivity index (χ1v) is 12.1. The minimum atomic E-state index is -3.50. The summed E-state index contributed by atoms with van der Waals surface area (Å²) in [4.78, 5) is 12.6. The highest BCUT2D eigenvalue weighted by molar-refractivity contribution is 7.92. The van der Waals surface area contributed by atoms with Crippen LogP contribution in [0.5, 0.6) is 0 Å². The number of rotatable bonds is 6. The Morgan fingerprint density at radius 3 is 2.32 bits per heavy atom. The molecule has 0 aliphatic carbocycles. The highest BCUT2D eigenvalue weighted by Crippen LogP contribution is 2.30. The normalized spacial score (nSPS) is 11.3. The van der Waals surface area contributed by atoms with Gasteiger partial charge in [0.2, 0.25) is 10.0 Å². The van der Waals surface area contributed by atoms with Crippen molar-refractivity contribution in [3.8, 4) is 0 Å². The average molecular weight is 477 g/mol. The van der Waals surface area contributed by atoms with Crippen molar-refractivity contribution in [1.82, 2.24) is 0 Å². The molecule has 0 aliphatic rings. The molecule has 162 valence electrons. The van der Waals surface area contributed by atoms with Crippen molar-refractivity contribution in [3.63, 3.8) is 0 Å². The molecule has 0 unspecified atom stereocenters. The van der Waals surface area contributed by atoms with Gasteiger partial charge in [0.25, 0.3) is 5.91 Å². The molecule has 5 nitrogen and oxygen atoms in total. The van der Waals surface area contributed by atoms with E-state index in [-0.39, 0.29) is 17.5 Å². The molecule has 3 aromatic carbocycles. The molecule has 0 saturated carbocycles. The minimum Gasteiger partial charge on any atom is -0.321 e. The number of carbonyl (C=O) groups excluding carboxylic acids is 1. The summed E-state index contributed by atoms with van der Waals surface area (Å²) in [5.41, 5.74) is 4.06. The van der Waals surface area contributed by atoms with E-state index in [1.807, 2.05) is 32.0 Å². The number of halogens is 2. The van der Waals surface area contributed by atoms with Crippen molar-refractivity contribution in [2.45, 2.75) is 20.4 Å². The molecule has 0 spiro atoms. The first-order chi connectivity index (χ1) is 14.6. The standard InChI is InChI=1S/C23H22Cl2N2O3S/c1-15-7-8-16(2)21(13-15)27(31(3,29)30)14-17-9-11-18(12-10-17)23(28)26-20-6-4-5-19(24)22(20)25/h4-13H,14H2,1-3H3,(H,26,28). The number of nitrogens with zero attached hydrogens (tertiary/aromatic N) is 1. The predicted molar refractivity (Wildman–Crippen MR) is 128 cm³/mol. The van der Waals surface area contributed by atoms with Crippen LogP contribution >= 0.6 is 23.2 Å². The van der Waals surface area contributed by atoms with Gasteiger partial charge in [0.15, 0.2) is 0 Å². The summed E-state index contributed by atoms with van der Waals surface area (Å²) in [6.45, 7) is 3.95. The molecule has 31 heavy (non-hydrogen) atoms. The third-order valence-corrected chi connectivity index (χ3v) is 6.72. The van der Waals surface area contributed by atoms with E-state index in [1.54, 1.807) is 42.5 Å². The summed E-state index contributed by atoms with van der Waals surface area (Å²) in [6.07, 6.45) is 1.19. The average Bonchev–Trinajstić information content (AvgIpc) is 2.71. The molecule has 0 heterocycles. The highest BCUT2D eigenvalue weighted by Gasteiger charge is 2.20. The van der Waals surface area contributed by atoms with Crippen LogP contribution in [0.25, 0.3) is 0 Å². The number of aryl methyl sites for hydroxylation is 2. The van der Waals surface area contributed by atoms with Gasteiger partial charge in [-0.05, 0) is 60.9 Å². The van der Waals surface area contributed by atoms with Crippen molar-refractivity contribution >= 4 is 50.5 Å². The second kappa shape index (κ2) is 9.30. The summed E-state index contributed by atoms with van der Waals surface area (Å²) in [5, 5.41) is 3.35. The van der Waals surface area contributed by atoms with Gasteiger partial charge in [-0.25, -0.2) is 8.42 Å². The van der Waals surface area contributed by atoms with Gasteiger partial charge < -0.3 is 5.32 Å². The lowest BCUT2D eigenvalue weighted by molar-refractivity contribution is 0.102. The van der Waals surface area contributed by atoms with Gasteiger partial charge in [0.05, 0.1) is 34.2 Å². The third kappa shape index (κ3) is 5.58.